The van der Waals surface area contributed by atoms with Crippen LogP contribution in [0.15, 0.2) is 0 Å². The van der Waals surface area contributed by atoms with Gasteiger partial charge in [0.1, 0.15) is 0 Å². The zero-order valence-electron chi connectivity index (χ0n) is 25.1. The van der Waals surface area contributed by atoms with Crippen LogP contribution in [0.1, 0.15) is 157 Å². The van der Waals surface area contributed by atoms with E-state index in [2.05, 4.69) is 41.5 Å². The average molecular weight is 517 g/mol. The summed E-state index contributed by atoms with van der Waals surface area (Å²) in [5.41, 5.74) is 0. The van der Waals surface area contributed by atoms with Gasteiger partial charge in [-0.1, -0.05) is 97.8 Å². The van der Waals surface area contributed by atoms with Crippen LogP contribution in [0.2, 0.25) is 0 Å². The van der Waals surface area contributed by atoms with Crippen LogP contribution in [0.4, 0.5) is 0 Å². The van der Waals surface area contributed by atoms with Crippen molar-refractivity contribution in [1.82, 2.24) is 0 Å². The number of nitrogens with zero attached hydrogens (tertiary/aromatic N) is 1. The second-order valence-corrected chi connectivity index (χ2v) is 13.3. The molecule has 0 rings (SSSR count). The van der Waals surface area contributed by atoms with Gasteiger partial charge in [0.25, 0.3) is 0 Å². The van der Waals surface area contributed by atoms with Gasteiger partial charge in [-0.3, -0.25) is 0 Å². The van der Waals surface area contributed by atoms with Crippen molar-refractivity contribution in [2.45, 2.75) is 157 Å². The molecule has 0 amide bonds. The standard InChI is InChI=1S/C30H66NO3Si/c1-7-13-16-19-22-25-28-31(29-26-23-20-17-14-8-2,30-27-24-21-18-15-9-3)35(32-10-4,33-11-5)34-12-6/h7-30H2,1-6H3/q+1. The van der Waals surface area contributed by atoms with E-state index in [1.54, 1.807) is 0 Å². The fourth-order valence-corrected chi connectivity index (χ4v) is 8.88. The Hall–Kier alpha value is 0.0569. The monoisotopic (exact) mass is 516 g/mol. The Morgan fingerprint density at radius 1 is 0.371 bits per heavy atom. The van der Waals surface area contributed by atoms with Gasteiger partial charge in [0, 0.05) is 19.8 Å². The van der Waals surface area contributed by atoms with Gasteiger partial charge in [-0.2, -0.15) is 0 Å². The molecule has 0 radical (unpaired) electrons. The smallest absolute Gasteiger partial charge is 0.325 e. The molecule has 0 aromatic carbocycles. The van der Waals surface area contributed by atoms with Gasteiger partial charge in [-0.15, -0.1) is 0 Å². The van der Waals surface area contributed by atoms with Gasteiger partial charge >= 0.3 is 8.97 Å². The predicted octanol–water partition coefficient (Wildman–Crippen LogP) is 9.43. The minimum atomic E-state index is -2.86. The third-order valence-electron chi connectivity index (χ3n) is 7.38. The number of quaternary nitrogens is 1. The molecule has 0 aliphatic rings. The summed E-state index contributed by atoms with van der Waals surface area (Å²) in [7, 11) is -2.86. The Labute approximate surface area is 222 Å². The van der Waals surface area contributed by atoms with Crippen LogP contribution < -0.4 is 0 Å². The van der Waals surface area contributed by atoms with Crippen molar-refractivity contribution in [3.05, 3.63) is 0 Å². The molecule has 0 aromatic heterocycles. The third-order valence-corrected chi connectivity index (χ3v) is 11.2. The summed E-state index contributed by atoms with van der Waals surface area (Å²) < 4.78 is 20.8. The van der Waals surface area contributed by atoms with Crippen molar-refractivity contribution < 1.29 is 17.4 Å². The van der Waals surface area contributed by atoms with Crippen molar-refractivity contribution in [3.8, 4) is 0 Å². The summed E-state index contributed by atoms with van der Waals surface area (Å²) >= 11 is 0. The van der Waals surface area contributed by atoms with Crippen LogP contribution in [0.25, 0.3) is 0 Å². The van der Waals surface area contributed by atoms with E-state index in [1.165, 1.54) is 116 Å². The Bertz CT molecular complexity index is 378. The van der Waals surface area contributed by atoms with E-state index in [-0.39, 0.29) is 0 Å². The maximum absolute atomic E-state index is 6.63. The highest BCUT2D eigenvalue weighted by atomic mass is 28.4. The van der Waals surface area contributed by atoms with Gasteiger partial charge in [0.05, 0.1) is 19.6 Å². The largest absolute Gasteiger partial charge is 0.784 e. The number of rotatable bonds is 28. The third kappa shape index (κ3) is 15.2. The lowest BCUT2D eigenvalue weighted by Crippen LogP contribution is -2.74. The molecule has 0 N–H and O–H groups in total. The number of hydrogen-bond acceptors (Lipinski definition) is 3. The molecule has 0 fully saturated rings. The van der Waals surface area contributed by atoms with Gasteiger partial charge in [0.2, 0.25) is 0 Å². The van der Waals surface area contributed by atoms with Gasteiger partial charge < -0.3 is 17.4 Å². The lowest BCUT2D eigenvalue weighted by Gasteiger charge is -2.47. The molecule has 0 saturated carbocycles. The van der Waals surface area contributed by atoms with Crippen LogP contribution in [0.3, 0.4) is 0 Å². The molecular weight excluding hydrogens is 450 g/mol. The first-order valence-corrected chi connectivity index (χ1v) is 17.6. The van der Waals surface area contributed by atoms with Crippen molar-refractivity contribution in [2.75, 3.05) is 39.5 Å². The molecular formula is C30H66NO3Si+. The SMILES string of the molecule is CCCCCCCC[N+](CCCCCCCC)(CCCCCCCC)[Si](OCC)(OCC)OCC. The van der Waals surface area contributed by atoms with E-state index < -0.39 is 8.97 Å². The molecule has 0 atom stereocenters. The lowest BCUT2D eigenvalue weighted by molar-refractivity contribution is -0.861. The first kappa shape index (κ1) is 35.1. The molecule has 0 bridgehead atoms. The Kier molecular flexibility index (Phi) is 24.4. The van der Waals surface area contributed by atoms with Crippen molar-refractivity contribution in [3.63, 3.8) is 0 Å². The molecule has 35 heavy (non-hydrogen) atoms. The quantitative estimate of drug-likeness (QED) is 0.0765. The molecule has 0 aromatic rings. The average Bonchev–Trinajstić information content (AvgIpc) is 2.85. The molecule has 0 spiro atoms. The van der Waals surface area contributed by atoms with Gasteiger partial charge in [-0.05, 0) is 59.3 Å². The van der Waals surface area contributed by atoms with E-state index in [0.29, 0.717) is 19.8 Å². The summed E-state index contributed by atoms with van der Waals surface area (Å²) in [6.07, 6.45) is 24.0. The van der Waals surface area contributed by atoms with Crippen molar-refractivity contribution in [1.29, 1.82) is 0 Å². The molecule has 0 aliphatic heterocycles. The molecule has 212 valence electrons. The van der Waals surface area contributed by atoms with E-state index >= 15 is 0 Å². The minimum Gasteiger partial charge on any atom is -0.325 e. The van der Waals surface area contributed by atoms with Crippen LogP contribution >= 0.6 is 0 Å². The zero-order chi connectivity index (χ0) is 26.1. The van der Waals surface area contributed by atoms with E-state index in [1.807, 2.05) is 0 Å². The minimum absolute atomic E-state index is 0.676. The fraction of sp³-hybridized carbons (Fsp3) is 1.00. The number of unbranched alkanes of at least 4 members (excludes halogenated alkanes) is 15. The highest BCUT2D eigenvalue weighted by Gasteiger charge is 2.64. The normalized spacial score (nSPS) is 12.5. The Morgan fingerprint density at radius 3 is 0.886 bits per heavy atom. The van der Waals surface area contributed by atoms with Crippen molar-refractivity contribution in [2.24, 2.45) is 0 Å². The predicted molar refractivity (Wildman–Crippen MR) is 156 cm³/mol. The first-order valence-electron chi connectivity index (χ1n) is 15.9. The van der Waals surface area contributed by atoms with Crippen LogP contribution in [-0.4, -0.2) is 52.6 Å². The Balaban J connectivity index is 5.65. The van der Waals surface area contributed by atoms with E-state index in [4.69, 9.17) is 13.3 Å². The summed E-state index contributed by atoms with van der Waals surface area (Å²) in [5.74, 6) is 0. The molecule has 0 heterocycles. The van der Waals surface area contributed by atoms with Gasteiger partial charge in [-0.25, -0.2) is 0 Å². The van der Waals surface area contributed by atoms with Crippen LogP contribution in [0, 0.1) is 0 Å². The molecule has 4 nitrogen and oxygen atoms in total. The highest BCUT2D eigenvalue weighted by Crippen LogP contribution is 2.30. The summed E-state index contributed by atoms with van der Waals surface area (Å²) in [5, 5.41) is 0. The lowest BCUT2D eigenvalue weighted by atomic mass is 10.1. The summed E-state index contributed by atoms with van der Waals surface area (Å²) in [6, 6.07) is 0. The fourth-order valence-electron chi connectivity index (χ4n) is 5.41. The molecule has 0 unspecified atom stereocenters. The van der Waals surface area contributed by atoms with Gasteiger partial charge in [0.15, 0.2) is 0 Å². The van der Waals surface area contributed by atoms with E-state index in [0.717, 1.165) is 23.8 Å². The van der Waals surface area contributed by atoms with Crippen LogP contribution in [-0.2, 0) is 13.3 Å². The maximum atomic E-state index is 6.63. The molecule has 0 aliphatic carbocycles. The summed E-state index contributed by atoms with van der Waals surface area (Å²) in [4.78, 5) is 0. The maximum Gasteiger partial charge on any atom is 0.784 e. The van der Waals surface area contributed by atoms with Crippen LogP contribution in [0.5, 0.6) is 0 Å². The molecule has 5 heteroatoms. The zero-order valence-corrected chi connectivity index (χ0v) is 26.1. The molecule has 0 saturated heterocycles. The highest BCUT2D eigenvalue weighted by molar-refractivity contribution is 6.52. The summed E-state index contributed by atoms with van der Waals surface area (Å²) in [6.45, 7) is 18.8. The second-order valence-electron chi connectivity index (χ2n) is 10.4. The first-order chi connectivity index (χ1) is 17.1. The van der Waals surface area contributed by atoms with E-state index in [9.17, 15) is 0 Å². The second kappa shape index (κ2) is 24.4. The number of hydrogen-bond donors (Lipinski definition) is 0. The Morgan fingerprint density at radius 2 is 0.629 bits per heavy atom. The topological polar surface area (TPSA) is 27.7 Å². The van der Waals surface area contributed by atoms with Crippen molar-refractivity contribution >= 4 is 8.97 Å².